The number of ether oxygens (including phenoxy) is 1. The summed E-state index contributed by atoms with van der Waals surface area (Å²) in [5.41, 5.74) is 3.57. The van der Waals surface area contributed by atoms with E-state index in [0.717, 1.165) is 22.4 Å². The third-order valence-corrected chi connectivity index (χ3v) is 3.43. The quantitative estimate of drug-likeness (QED) is 0.820. The zero-order chi connectivity index (χ0) is 18.4. The number of carbonyl (C=O) groups excluding carboxylic acids is 2. The maximum atomic E-state index is 12.0. The van der Waals surface area contributed by atoms with E-state index >= 15 is 0 Å². The van der Waals surface area contributed by atoms with Crippen LogP contribution in [0.25, 0.3) is 0 Å². The van der Waals surface area contributed by atoms with Crippen molar-refractivity contribution in [3.63, 3.8) is 0 Å². The zero-order valence-electron chi connectivity index (χ0n) is 15.1. The summed E-state index contributed by atoms with van der Waals surface area (Å²) < 4.78 is 5.57. The van der Waals surface area contributed by atoms with Gasteiger partial charge < -0.3 is 15.4 Å². The Bertz CT molecular complexity index is 732. The van der Waals surface area contributed by atoms with Gasteiger partial charge in [-0.1, -0.05) is 18.2 Å². The number of hydrogen-bond acceptors (Lipinski definition) is 3. The van der Waals surface area contributed by atoms with Gasteiger partial charge in [0.05, 0.1) is 6.10 Å². The monoisotopic (exact) mass is 340 g/mol. The van der Waals surface area contributed by atoms with Crippen LogP contribution < -0.4 is 15.4 Å². The summed E-state index contributed by atoms with van der Waals surface area (Å²) in [6, 6.07) is 13.1. The van der Waals surface area contributed by atoms with Crippen molar-refractivity contribution in [2.75, 3.05) is 5.32 Å². The van der Waals surface area contributed by atoms with Crippen molar-refractivity contribution in [2.24, 2.45) is 0 Å². The molecule has 0 bridgehead atoms. The Morgan fingerprint density at radius 2 is 1.56 bits per heavy atom. The topological polar surface area (TPSA) is 67.4 Å². The molecular weight excluding hydrogens is 316 g/mol. The highest BCUT2D eigenvalue weighted by atomic mass is 16.5. The van der Waals surface area contributed by atoms with Gasteiger partial charge in [-0.3, -0.25) is 9.59 Å². The summed E-state index contributed by atoms with van der Waals surface area (Å²) in [6.45, 7) is 8.08. The van der Waals surface area contributed by atoms with Crippen molar-refractivity contribution in [1.29, 1.82) is 0 Å². The molecule has 2 rings (SSSR count). The van der Waals surface area contributed by atoms with Crippen molar-refractivity contribution in [1.82, 2.24) is 5.32 Å². The molecule has 5 nitrogen and oxygen atoms in total. The van der Waals surface area contributed by atoms with Gasteiger partial charge in [0.25, 0.3) is 0 Å². The summed E-state index contributed by atoms with van der Waals surface area (Å²) >= 11 is 0. The van der Waals surface area contributed by atoms with Crippen LogP contribution in [0, 0.1) is 13.8 Å². The van der Waals surface area contributed by atoms with E-state index in [4.69, 9.17) is 4.74 Å². The van der Waals surface area contributed by atoms with Gasteiger partial charge in [0.2, 0.25) is 0 Å². The first-order valence-corrected chi connectivity index (χ1v) is 8.26. The fourth-order valence-electron chi connectivity index (χ4n) is 2.46. The first-order valence-electron chi connectivity index (χ1n) is 8.26. The van der Waals surface area contributed by atoms with Gasteiger partial charge in [-0.25, -0.2) is 0 Å². The van der Waals surface area contributed by atoms with Crippen molar-refractivity contribution in [2.45, 2.75) is 40.3 Å². The average molecular weight is 340 g/mol. The Balaban J connectivity index is 1.87. The van der Waals surface area contributed by atoms with E-state index in [0.29, 0.717) is 5.69 Å². The number of rotatable bonds is 5. The molecule has 2 N–H and O–H groups in total. The SMILES string of the molecule is Cc1cc(C)cc(NC(=O)C(=O)NCc2ccc(OC(C)C)cc2)c1. The van der Waals surface area contributed by atoms with E-state index in [-0.39, 0.29) is 12.6 Å². The van der Waals surface area contributed by atoms with E-state index in [1.807, 2.05) is 70.2 Å². The fourth-order valence-corrected chi connectivity index (χ4v) is 2.46. The molecule has 0 aliphatic carbocycles. The van der Waals surface area contributed by atoms with Crippen molar-refractivity contribution < 1.29 is 14.3 Å². The van der Waals surface area contributed by atoms with Gasteiger partial charge in [-0.15, -0.1) is 0 Å². The predicted molar refractivity (Wildman–Crippen MR) is 98.6 cm³/mol. The minimum absolute atomic E-state index is 0.111. The Morgan fingerprint density at radius 1 is 0.960 bits per heavy atom. The number of carbonyl (C=O) groups is 2. The molecule has 0 spiro atoms. The smallest absolute Gasteiger partial charge is 0.313 e. The van der Waals surface area contributed by atoms with Crippen LogP contribution >= 0.6 is 0 Å². The summed E-state index contributed by atoms with van der Waals surface area (Å²) in [5, 5.41) is 5.24. The first kappa shape index (κ1) is 18.5. The molecule has 5 heteroatoms. The molecule has 0 aliphatic heterocycles. The van der Waals surface area contributed by atoms with Gasteiger partial charge in [-0.2, -0.15) is 0 Å². The molecular formula is C20H24N2O3. The lowest BCUT2D eigenvalue weighted by Crippen LogP contribution is -2.35. The van der Waals surface area contributed by atoms with E-state index in [1.165, 1.54) is 0 Å². The molecule has 0 heterocycles. The summed E-state index contributed by atoms with van der Waals surface area (Å²) in [5.74, 6) is -0.566. The lowest BCUT2D eigenvalue weighted by Gasteiger charge is -2.11. The Kier molecular flexibility index (Phi) is 6.17. The molecule has 25 heavy (non-hydrogen) atoms. The van der Waals surface area contributed by atoms with Crippen molar-refractivity contribution >= 4 is 17.5 Å². The number of aryl methyl sites for hydroxylation is 2. The maximum absolute atomic E-state index is 12.0. The second-order valence-electron chi connectivity index (χ2n) is 6.32. The highest BCUT2D eigenvalue weighted by molar-refractivity contribution is 6.39. The second kappa shape index (κ2) is 8.33. The van der Waals surface area contributed by atoms with Gasteiger partial charge in [0.1, 0.15) is 5.75 Å². The van der Waals surface area contributed by atoms with Crippen LogP contribution in [-0.2, 0) is 16.1 Å². The molecule has 132 valence electrons. The maximum Gasteiger partial charge on any atom is 0.313 e. The summed E-state index contributed by atoms with van der Waals surface area (Å²) in [4.78, 5) is 23.9. The number of amides is 2. The van der Waals surface area contributed by atoms with E-state index < -0.39 is 11.8 Å². The lowest BCUT2D eigenvalue weighted by molar-refractivity contribution is -0.136. The zero-order valence-corrected chi connectivity index (χ0v) is 15.1. The van der Waals surface area contributed by atoms with E-state index in [9.17, 15) is 9.59 Å². The Morgan fingerprint density at radius 3 is 2.12 bits per heavy atom. The van der Waals surface area contributed by atoms with Crippen molar-refractivity contribution in [3.05, 3.63) is 59.2 Å². The van der Waals surface area contributed by atoms with Gasteiger partial charge in [0, 0.05) is 12.2 Å². The van der Waals surface area contributed by atoms with Gasteiger partial charge in [0.15, 0.2) is 0 Å². The largest absolute Gasteiger partial charge is 0.491 e. The first-order chi connectivity index (χ1) is 11.8. The standard InChI is InChI=1S/C20H24N2O3/c1-13(2)25-18-7-5-16(6-8-18)12-21-19(23)20(24)22-17-10-14(3)9-15(4)11-17/h5-11,13H,12H2,1-4H3,(H,21,23)(H,22,24). The Labute approximate surface area is 148 Å². The van der Waals surface area contributed by atoms with Crippen molar-refractivity contribution in [3.8, 4) is 5.75 Å². The molecule has 2 aromatic rings. The van der Waals surface area contributed by atoms with Crippen LogP contribution in [0.5, 0.6) is 5.75 Å². The van der Waals surface area contributed by atoms with Crippen LogP contribution in [0.2, 0.25) is 0 Å². The van der Waals surface area contributed by atoms with Crippen LogP contribution in [0.4, 0.5) is 5.69 Å². The second-order valence-corrected chi connectivity index (χ2v) is 6.32. The lowest BCUT2D eigenvalue weighted by atomic mass is 10.1. The van der Waals surface area contributed by atoms with E-state index in [1.54, 1.807) is 0 Å². The molecule has 0 atom stereocenters. The highest BCUT2D eigenvalue weighted by Gasteiger charge is 2.13. The molecule has 2 amide bonds. The summed E-state index contributed by atoms with van der Waals surface area (Å²) in [7, 11) is 0. The van der Waals surface area contributed by atoms with Gasteiger partial charge >= 0.3 is 11.8 Å². The molecule has 0 saturated carbocycles. The number of benzene rings is 2. The summed E-state index contributed by atoms with van der Waals surface area (Å²) in [6.07, 6.45) is 0.111. The fraction of sp³-hybridized carbons (Fsp3) is 0.300. The van der Waals surface area contributed by atoms with Crippen LogP contribution in [0.3, 0.4) is 0 Å². The third-order valence-electron chi connectivity index (χ3n) is 3.43. The molecule has 2 aromatic carbocycles. The molecule has 0 fully saturated rings. The molecule has 0 aliphatic rings. The minimum atomic E-state index is -0.676. The number of nitrogens with one attached hydrogen (secondary N) is 2. The third kappa shape index (κ3) is 5.95. The van der Waals surface area contributed by atoms with Gasteiger partial charge in [-0.05, 0) is 68.7 Å². The molecule has 0 unspecified atom stereocenters. The minimum Gasteiger partial charge on any atom is -0.491 e. The number of hydrogen-bond donors (Lipinski definition) is 2. The van der Waals surface area contributed by atoms with Crippen LogP contribution in [0.1, 0.15) is 30.5 Å². The number of anilines is 1. The molecule has 0 saturated heterocycles. The average Bonchev–Trinajstić information content (AvgIpc) is 2.52. The predicted octanol–water partition coefficient (Wildman–Crippen LogP) is 3.35. The van der Waals surface area contributed by atoms with E-state index in [2.05, 4.69) is 10.6 Å². The molecule has 0 aromatic heterocycles. The van der Waals surface area contributed by atoms with Crippen LogP contribution in [-0.4, -0.2) is 17.9 Å². The molecule has 0 radical (unpaired) electrons. The highest BCUT2D eigenvalue weighted by Crippen LogP contribution is 2.14. The Hall–Kier alpha value is -2.82. The van der Waals surface area contributed by atoms with Crippen LogP contribution in [0.15, 0.2) is 42.5 Å². The normalized spacial score (nSPS) is 10.4.